The molecule has 7 unspecified atom stereocenters. The van der Waals surface area contributed by atoms with E-state index >= 15 is 0 Å². The summed E-state index contributed by atoms with van der Waals surface area (Å²) in [4.78, 5) is 89.6. The Balaban J connectivity index is 1.42. The molecule has 1 aromatic heterocycles. The van der Waals surface area contributed by atoms with Gasteiger partial charge in [-0.05, 0) is 61.1 Å². The normalized spacial score (nSPS) is 22.3. The van der Waals surface area contributed by atoms with Crippen molar-refractivity contribution >= 4 is 46.3 Å². The quantitative estimate of drug-likeness (QED) is 0.0792. The van der Waals surface area contributed by atoms with E-state index in [1.165, 1.54) is 6.92 Å². The summed E-state index contributed by atoms with van der Waals surface area (Å²) in [6, 6.07) is 26.7. The average molecular weight is 857 g/mol. The van der Waals surface area contributed by atoms with Gasteiger partial charge in [-0.3, -0.25) is 28.8 Å². The molecule has 0 radical (unpaired) electrons. The van der Waals surface area contributed by atoms with Gasteiger partial charge >= 0.3 is 0 Å². The Hall–Kier alpha value is -6.84. The zero-order valence-corrected chi connectivity index (χ0v) is 35.2. The monoisotopic (exact) mass is 856 g/mol. The molecule has 10 N–H and O–H groups in total. The fraction of sp³-hybridized carbons (Fsp3) is 0.333. The molecule has 5 aromatic rings. The fourth-order valence-corrected chi connectivity index (χ4v) is 7.68. The molecule has 0 aliphatic carbocycles. The number of carbonyl (C=O) groups is 6. The number of aromatic nitrogens is 1. The van der Waals surface area contributed by atoms with Crippen LogP contribution in [0.25, 0.3) is 10.9 Å². The van der Waals surface area contributed by atoms with Crippen molar-refractivity contribution in [1.82, 2.24) is 36.9 Å². The highest BCUT2D eigenvalue weighted by Gasteiger charge is 2.36. The molecule has 1 saturated heterocycles. The number of aromatic amines is 1. The molecule has 7 atom stereocenters. The smallest absolute Gasteiger partial charge is 0.245 e. The first-order valence-electron chi connectivity index (χ1n) is 21.4. The Morgan fingerprint density at radius 2 is 0.889 bits per heavy atom. The van der Waals surface area contributed by atoms with Crippen molar-refractivity contribution in [1.29, 1.82) is 0 Å². The van der Waals surface area contributed by atoms with Crippen molar-refractivity contribution in [3.8, 4) is 0 Å². The van der Waals surface area contributed by atoms with Gasteiger partial charge in [-0.2, -0.15) is 0 Å². The summed E-state index contributed by atoms with van der Waals surface area (Å²) >= 11 is 0. The average Bonchev–Trinajstić information content (AvgIpc) is 3.69. The highest BCUT2D eigenvalue weighted by atomic mass is 16.3. The number of para-hydroxylation sites is 1. The highest BCUT2D eigenvalue weighted by Crippen LogP contribution is 2.20. The van der Waals surface area contributed by atoms with Crippen molar-refractivity contribution in [2.45, 2.75) is 94.2 Å². The molecule has 1 aliphatic rings. The maximum Gasteiger partial charge on any atom is 0.245 e. The van der Waals surface area contributed by atoms with Crippen LogP contribution in [0.4, 0.5) is 0 Å². The predicted octanol–water partition coefficient (Wildman–Crippen LogP) is 1.87. The zero-order valence-electron chi connectivity index (χ0n) is 35.2. The number of hydrogen-bond donors (Lipinski definition) is 9. The topological polar surface area (TPSA) is 237 Å². The first kappa shape index (κ1) is 45.7. The lowest BCUT2D eigenvalue weighted by atomic mass is 9.99. The minimum absolute atomic E-state index is 0.00107. The lowest BCUT2D eigenvalue weighted by Crippen LogP contribution is -2.63. The number of benzene rings is 4. The minimum atomic E-state index is -1.56. The SMILES string of the molecule is CC(O)C1NC(=O)C(CCCCN)NC(=O)C(Cc2c[nH]c3ccccc23)NC(=O)C(Cc2ccccc2)NC(=O)C(Cc2ccccc2)NC(=O)C(Cc2ccccc2)NC1=O. The maximum atomic E-state index is 14.6. The van der Waals surface area contributed by atoms with E-state index in [0.717, 1.165) is 16.5 Å². The first-order chi connectivity index (χ1) is 30.5. The van der Waals surface area contributed by atoms with Crippen molar-refractivity contribution in [3.63, 3.8) is 0 Å². The van der Waals surface area contributed by atoms with Gasteiger partial charge in [0.15, 0.2) is 0 Å². The van der Waals surface area contributed by atoms with Crippen LogP contribution in [0.15, 0.2) is 121 Å². The number of fused-ring (bicyclic) bond motifs is 1. The molecule has 15 heteroatoms. The summed E-state index contributed by atoms with van der Waals surface area (Å²) in [6.45, 7) is 1.65. The minimum Gasteiger partial charge on any atom is -0.391 e. The molecule has 15 nitrogen and oxygen atoms in total. The van der Waals surface area contributed by atoms with Crippen LogP contribution in [0.1, 0.15) is 48.4 Å². The van der Waals surface area contributed by atoms with Gasteiger partial charge in [0, 0.05) is 42.8 Å². The third kappa shape index (κ3) is 12.8. The fourth-order valence-electron chi connectivity index (χ4n) is 7.68. The molecule has 330 valence electrons. The number of amides is 6. The number of nitrogens with one attached hydrogen (secondary N) is 7. The van der Waals surface area contributed by atoms with E-state index in [1.807, 2.05) is 48.5 Å². The number of H-pyrrole nitrogens is 1. The number of rotatable bonds is 13. The van der Waals surface area contributed by atoms with E-state index in [2.05, 4.69) is 36.9 Å². The second-order valence-electron chi connectivity index (χ2n) is 15.9. The Labute approximate surface area is 366 Å². The van der Waals surface area contributed by atoms with Gasteiger partial charge < -0.3 is 47.7 Å². The van der Waals surface area contributed by atoms with Crippen molar-refractivity contribution in [3.05, 3.63) is 144 Å². The summed E-state index contributed by atoms with van der Waals surface area (Å²) in [5.74, 6) is -4.39. The van der Waals surface area contributed by atoms with Gasteiger partial charge in [-0.1, -0.05) is 109 Å². The highest BCUT2D eigenvalue weighted by molar-refractivity contribution is 5.99. The van der Waals surface area contributed by atoms with E-state index in [1.54, 1.807) is 72.9 Å². The largest absolute Gasteiger partial charge is 0.391 e. The van der Waals surface area contributed by atoms with E-state index in [4.69, 9.17) is 5.73 Å². The first-order valence-corrected chi connectivity index (χ1v) is 21.4. The van der Waals surface area contributed by atoms with Crippen molar-refractivity contribution in [2.75, 3.05) is 6.54 Å². The number of carbonyl (C=O) groups excluding carboxylic acids is 6. The third-order valence-electron chi connectivity index (χ3n) is 11.1. The Kier molecular flexibility index (Phi) is 16.2. The van der Waals surface area contributed by atoms with Crippen molar-refractivity contribution < 1.29 is 33.9 Å². The Bertz CT molecular complexity index is 2320. The molecule has 0 spiro atoms. The molecule has 0 bridgehead atoms. The predicted molar refractivity (Wildman–Crippen MR) is 239 cm³/mol. The summed E-state index contributed by atoms with van der Waals surface area (Å²) in [6.07, 6.45) is 1.42. The maximum absolute atomic E-state index is 14.6. The van der Waals surface area contributed by atoms with Crippen LogP contribution < -0.4 is 37.6 Å². The van der Waals surface area contributed by atoms with Crippen molar-refractivity contribution in [2.24, 2.45) is 5.73 Å². The summed E-state index contributed by atoms with van der Waals surface area (Å²) in [5, 5.41) is 28.5. The second-order valence-corrected chi connectivity index (χ2v) is 15.9. The van der Waals surface area contributed by atoms with Crippen LogP contribution in [0.5, 0.6) is 0 Å². The summed E-state index contributed by atoms with van der Waals surface area (Å²) < 4.78 is 0. The third-order valence-corrected chi connectivity index (χ3v) is 11.1. The van der Waals surface area contributed by atoms with Crippen LogP contribution in [0.3, 0.4) is 0 Å². The molecule has 6 rings (SSSR count). The zero-order chi connectivity index (χ0) is 44.7. The molecule has 1 aliphatic heterocycles. The van der Waals surface area contributed by atoms with Crippen LogP contribution in [-0.4, -0.2) is 94.4 Å². The molecular formula is C48H56N8O7. The lowest BCUT2D eigenvalue weighted by Gasteiger charge is -2.30. The second kappa shape index (κ2) is 22.3. The van der Waals surface area contributed by atoms with Gasteiger partial charge in [-0.25, -0.2) is 0 Å². The Morgan fingerprint density at radius 3 is 1.35 bits per heavy atom. The number of unbranched alkanes of at least 4 members (excludes halogenated alkanes) is 1. The van der Waals surface area contributed by atoms with Gasteiger partial charge in [0.1, 0.15) is 36.3 Å². The van der Waals surface area contributed by atoms with E-state index in [9.17, 15) is 33.9 Å². The molecule has 2 heterocycles. The molecule has 4 aromatic carbocycles. The molecule has 1 fully saturated rings. The van der Waals surface area contributed by atoms with Gasteiger partial charge in [-0.15, -0.1) is 0 Å². The van der Waals surface area contributed by atoms with Crippen LogP contribution in [0, 0.1) is 0 Å². The van der Waals surface area contributed by atoms with Crippen LogP contribution >= 0.6 is 0 Å². The number of aliphatic hydroxyl groups is 1. The lowest BCUT2D eigenvalue weighted by molar-refractivity contribution is -0.137. The van der Waals surface area contributed by atoms with E-state index in [-0.39, 0.29) is 32.1 Å². The van der Waals surface area contributed by atoms with Crippen LogP contribution in [-0.2, 0) is 54.5 Å². The van der Waals surface area contributed by atoms with Gasteiger partial charge in [0.05, 0.1) is 6.10 Å². The summed E-state index contributed by atoms with van der Waals surface area (Å²) in [5.41, 5.74) is 9.42. The number of nitrogens with two attached hydrogens (primary N) is 1. The van der Waals surface area contributed by atoms with E-state index < -0.39 is 77.8 Å². The molecule has 6 amide bonds. The number of aliphatic hydroxyl groups excluding tert-OH is 1. The summed E-state index contributed by atoms with van der Waals surface area (Å²) in [7, 11) is 0. The Morgan fingerprint density at radius 1 is 0.492 bits per heavy atom. The van der Waals surface area contributed by atoms with Gasteiger partial charge in [0.25, 0.3) is 0 Å². The molecule has 0 saturated carbocycles. The number of hydrogen-bond acceptors (Lipinski definition) is 8. The van der Waals surface area contributed by atoms with E-state index in [0.29, 0.717) is 36.1 Å². The van der Waals surface area contributed by atoms with Crippen LogP contribution in [0.2, 0.25) is 0 Å². The standard InChI is InChI=1S/C48H56N8O7/c1-30(57)42-48(63)55-40(27-33-19-9-4-10-20-33)46(61)53-38(25-31-15-5-2-6-16-31)44(59)52-39(26-32-17-7-3-8-18-32)45(60)54-41(28-34-29-50-36-22-12-11-21-35(34)36)47(62)51-37(43(58)56-42)23-13-14-24-49/h2-12,15-22,29-30,37-42,50,57H,13-14,23-28,49H2,1H3,(H,51,62)(H,52,59)(H,53,61)(H,54,60)(H,55,63)(H,56,58). The van der Waals surface area contributed by atoms with Gasteiger partial charge in [0.2, 0.25) is 35.4 Å². The molecular weight excluding hydrogens is 801 g/mol. The molecule has 63 heavy (non-hydrogen) atoms.